The van der Waals surface area contributed by atoms with E-state index < -0.39 is 22.5 Å². The highest BCUT2D eigenvalue weighted by Crippen LogP contribution is 2.35. The van der Waals surface area contributed by atoms with E-state index in [0.29, 0.717) is 0 Å². The largest absolute Gasteiger partial charge is 0.350 e. The first kappa shape index (κ1) is 23.1. The molecule has 0 atom stereocenters. The summed E-state index contributed by atoms with van der Waals surface area (Å²) in [5.74, 6) is -0.473. The second kappa shape index (κ2) is 9.83. The molecule has 0 saturated carbocycles. The number of hydrogen-bond donors (Lipinski definition) is 1. The maximum Gasteiger partial charge on any atom is 0.264 e. The Hall–Kier alpha value is -3.06. The van der Waals surface area contributed by atoms with Crippen LogP contribution in [0.5, 0.6) is 0 Å². The Kier molecular flexibility index (Phi) is 6.88. The fraction of sp³-hybridized carbons (Fsp3) is 0.0800. The molecule has 4 aromatic rings. The van der Waals surface area contributed by atoms with E-state index in [0.717, 1.165) is 20.6 Å². The Morgan fingerprint density at radius 2 is 1.52 bits per heavy atom. The normalized spacial score (nSPS) is 11.3. The van der Waals surface area contributed by atoms with E-state index >= 15 is 0 Å². The molecule has 0 heterocycles. The smallest absolute Gasteiger partial charge is 0.264 e. The zero-order valence-electron chi connectivity index (χ0n) is 17.4. The highest BCUT2D eigenvalue weighted by atomic mass is 35.5. The SMILES string of the molecule is O=C(CN(c1cccc(Cl)c1Cl)S(=O)(=O)c1ccccc1)NCc1ccc2ccccc2c1. The number of anilines is 1. The summed E-state index contributed by atoms with van der Waals surface area (Å²) < 4.78 is 27.8. The van der Waals surface area contributed by atoms with Crippen LogP contribution in [0.4, 0.5) is 5.69 Å². The predicted octanol–water partition coefficient (Wildman–Crippen LogP) is 5.66. The van der Waals surface area contributed by atoms with Crippen molar-refractivity contribution in [1.82, 2.24) is 5.32 Å². The van der Waals surface area contributed by atoms with E-state index in [2.05, 4.69) is 5.32 Å². The molecule has 0 radical (unpaired) electrons. The minimum Gasteiger partial charge on any atom is -0.350 e. The van der Waals surface area contributed by atoms with Crippen LogP contribution in [-0.2, 0) is 21.4 Å². The predicted molar refractivity (Wildman–Crippen MR) is 133 cm³/mol. The highest BCUT2D eigenvalue weighted by molar-refractivity contribution is 7.92. The van der Waals surface area contributed by atoms with Gasteiger partial charge in [0.05, 0.1) is 20.6 Å². The summed E-state index contributed by atoms with van der Waals surface area (Å²) in [7, 11) is -4.07. The molecule has 0 bridgehead atoms. The van der Waals surface area contributed by atoms with Gasteiger partial charge < -0.3 is 5.32 Å². The third-order valence-corrected chi connectivity index (χ3v) is 7.70. The van der Waals surface area contributed by atoms with E-state index in [1.165, 1.54) is 18.2 Å². The first-order chi connectivity index (χ1) is 15.9. The number of nitrogens with zero attached hydrogens (tertiary/aromatic N) is 1. The lowest BCUT2D eigenvalue weighted by atomic mass is 10.1. The molecule has 4 rings (SSSR count). The number of amides is 1. The minimum absolute atomic E-state index is 0.0448. The molecule has 4 aromatic carbocycles. The standard InChI is InChI=1S/C25H20Cl2N2O3S/c26-22-11-6-12-23(25(22)27)29(33(31,32)21-9-2-1-3-10-21)17-24(30)28-16-18-13-14-19-7-4-5-8-20(19)15-18/h1-15H,16-17H2,(H,28,30). The van der Waals surface area contributed by atoms with Crippen molar-refractivity contribution in [2.24, 2.45) is 0 Å². The molecule has 0 spiro atoms. The van der Waals surface area contributed by atoms with Crippen molar-refractivity contribution in [3.63, 3.8) is 0 Å². The van der Waals surface area contributed by atoms with Crippen LogP contribution in [-0.4, -0.2) is 20.9 Å². The van der Waals surface area contributed by atoms with Crippen LogP contribution >= 0.6 is 23.2 Å². The molecular weight excluding hydrogens is 479 g/mol. The zero-order chi connectivity index (χ0) is 23.4. The third-order valence-electron chi connectivity index (χ3n) is 5.12. The summed E-state index contributed by atoms with van der Waals surface area (Å²) in [6.45, 7) is -0.197. The van der Waals surface area contributed by atoms with Gasteiger partial charge in [-0.25, -0.2) is 8.42 Å². The Labute approximate surface area is 202 Å². The average molecular weight is 499 g/mol. The van der Waals surface area contributed by atoms with Gasteiger partial charge in [-0.3, -0.25) is 9.10 Å². The van der Waals surface area contributed by atoms with Gasteiger partial charge in [-0.2, -0.15) is 0 Å². The zero-order valence-corrected chi connectivity index (χ0v) is 19.7. The summed E-state index contributed by atoms with van der Waals surface area (Å²) in [6, 6.07) is 26.4. The van der Waals surface area contributed by atoms with E-state index in [9.17, 15) is 13.2 Å². The van der Waals surface area contributed by atoms with Crippen molar-refractivity contribution >= 4 is 55.6 Å². The number of nitrogens with one attached hydrogen (secondary N) is 1. The molecular formula is C25H20Cl2N2O3S. The quantitative estimate of drug-likeness (QED) is 0.357. The number of benzene rings is 4. The van der Waals surface area contributed by atoms with Crippen molar-refractivity contribution in [3.8, 4) is 0 Å². The van der Waals surface area contributed by atoms with Crippen molar-refractivity contribution in [2.75, 3.05) is 10.8 Å². The molecule has 0 unspecified atom stereocenters. The lowest BCUT2D eigenvalue weighted by Gasteiger charge is -2.25. The second-order valence-electron chi connectivity index (χ2n) is 7.36. The summed E-state index contributed by atoms with van der Waals surface area (Å²) in [4.78, 5) is 12.9. The molecule has 0 aliphatic carbocycles. The number of sulfonamides is 1. The monoisotopic (exact) mass is 498 g/mol. The molecule has 0 aliphatic heterocycles. The Bertz CT molecular complexity index is 1410. The molecule has 0 saturated heterocycles. The van der Waals surface area contributed by atoms with Gasteiger partial charge in [0.15, 0.2) is 0 Å². The van der Waals surface area contributed by atoms with Crippen LogP contribution in [0.3, 0.4) is 0 Å². The highest BCUT2D eigenvalue weighted by Gasteiger charge is 2.29. The fourth-order valence-electron chi connectivity index (χ4n) is 3.44. The van der Waals surface area contributed by atoms with Crippen LogP contribution in [0, 0.1) is 0 Å². The summed E-state index contributed by atoms with van der Waals surface area (Å²) in [6.07, 6.45) is 0. The summed E-state index contributed by atoms with van der Waals surface area (Å²) in [5.41, 5.74) is 1.04. The van der Waals surface area contributed by atoms with Gasteiger partial charge in [-0.15, -0.1) is 0 Å². The van der Waals surface area contributed by atoms with E-state index in [4.69, 9.17) is 23.2 Å². The maximum absolute atomic E-state index is 13.4. The summed E-state index contributed by atoms with van der Waals surface area (Å²) >= 11 is 12.4. The minimum atomic E-state index is -4.07. The summed E-state index contributed by atoms with van der Waals surface area (Å²) in [5, 5.41) is 5.21. The van der Waals surface area contributed by atoms with Crippen molar-refractivity contribution < 1.29 is 13.2 Å². The number of fused-ring (bicyclic) bond motifs is 1. The number of carbonyl (C=O) groups excluding carboxylic acids is 1. The van der Waals surface area contributed by atoms with E-state index in [1.54, 1.807) is 30.3 Å². The number of halogens is 2. The molecule has 5 nitrogen and oxygen atoms in total. The molecule has 0 aliphatic rings. The molecule has 0 fully saturated rings. The first-order valence-corrected chi connectivity index (χ1v) is 12.3. The lowest BCUT2D eigenvalue weighted by molar-refractivity contribution is -0.119. The Morgan fingerprint density at radius 1 is 0.818 bits per heavy atom. The van der Waals surface area contributed by atoms with Crippen LogP contribution in [0.1, 0.15) is 5.56 Å². The van der Waals surface area contributed by atoms with Gasteiger partial charge in [-0.1, -0.05) is 83.9 Å². The first-order valence-electron chi connectivity index (χ1n) is 10.1. The second-order valence-corrected chi connectivity index (χ2v) is 10.0. The topological polar surface area (TPSA) is 66.5 Å². The van der Waals surface area contributed by atoms with Gasteiger partial charge in [-0.05, 0) is 46.7 Å². The lowest BCUT2D eigenvalue weighted by Crippen LogP contribution is -2.40. The number of rotatable bonds is 7. The molecule has 1 N–H and O–H groups in total. The molecule has 33 heavy (non-hydrogen) atoms. The van der Waals surface area contributed by atoms with Gasteiger partial charge in [0, 0.05) is 6.54 Å². The average Bonchev–Trinajstić information content (AvgIpc) is 2.83. The maximum atomic E-state index is 13.4. The molecule has 8 heteroatoms. The van der Waals surface area contributed by atoms with Gasteiger partial charge >= 0.3 is 0 Å². The van der Waals surface area contributed by atoms with Crippen molar-refractivity contribution in [1.29, 1.82) is 0 Å². The third kappa shape index (κ3) is 5.14. The van der Waals surface area contributed by atoms with Gasteiger partial charge in [0.1, 0.15) is 6.54 Å². The Morgan fingerprint density at radius 3 is 2.27 bits per heavy atom. The van der Waals surface area contributed by atoms with E-state index in [-0.39, 0.29) is 27.2 Å². The Balaban J connectivity index is 1.59. The van der Waals surface area contributed by atoms with Gasteiger partial charge in [0.2, 0.25) is 5.91 Å². The van der Waals surface area contributed by atoms with Crippen LogP contribution in [0.15, 0.2) is 95.9 Å². The van der Waals surface area contributed by atoms with Crippen LogP contribution in [0.25, 0.3) is 10.8 Å². The van der Waals surface area contributed by atoms with Crippen LogP contribution in [0.2, 0.25) is 10.0 Å². The fourth-order valence-corrected chi connectivity index (χ4v) is 5.34. The van der Waals surface area contributed by atoms with Crippen molar-refractivity contribution in [3.05, 3.63) is 107 Å². The molecule has 168 valence electrons. The molecule has 0 aromatic heterocycles. The van der Waals surface area contributed by atoms with Gasteiger partial charge in [0.25, 0.3) is 10.0 Å². The molecule has 1 amide bonds. The van der Waals surface area contributed by atoms with Crippen molar-refractivity contribution in [2.45, 2.75) is 11.4 Å². The number of carbonyl (C=O) groups is 1. The van der Waals surface area contributed by atoms with E-state index in [1.807, 2.05) is 42.5 Å². The van der Waals surface area contributed by atoms with Crippen LogP contribution < -0.4 is 9.62 Å². The number of hydrogen-bond acceptors (Lipinski definition) is 3.